The number of hydrogen-bond acceptors (Lipinski definition) is 2. The van der Waals surface area contributed by atoms with Crippen molar-refractivity contribution in [1.82, 2.24) is 5.32 Å². The van der Waals surface area contributed by atoms with Gasteiger partial charge in [0.1, 0.15) is 0 Å². The zero-order chi connectivity index (χ0) is 11.8. The van der Waals surface area contributed by atoms with Gasteiger partial charge >= 0.3 is 0 Å². The van der Waals surface area contributed by atoms with Crippen LogP contribution in [0.15, 0.2) is 11.4 Å². The molecule has 0 aliphatic carbocycles. The van der Waals surface area contributed by atoms with Crippen LogP contribution in [0, 0.1) is 0 Å². The van der Waals surface area contributed by atoms with Crippen LogP contribution in [0.5, 0.6) is 0 Å². The zero-order valence-corrected chi connectivity index (χ0v) is 12.6. The van der Waals surface area contributed by atoms with Gasteiger partial charge in [-0.05, 0) is 40.7 Å². The van der Waals surface area contributed by atoms with E-state index >= 15 is 0 Å². The summed E-state index contributed by atoms with van der Waals surface area (Å²) in [5.41, 5.74) is 1.16. The van der Waals surface area contributed by atoms with Gasteiger partial charge in [-0.2, -0.15) is 0 Å². The van der Waals surface area contributed by atoms with E-state index in [2.05, 4.69) is 34.8 Å². The lowest BCUT2D eigenvalue weighted by molar-refractivity contribution is 0.0956. The van der Waals surface area contributed by atoms with Gasteiger partial charge in [0.15, 0.2) is 0 Å². The van der Waals surface area contributed by atoms with Crippen molar-refractivity contribution in [3.8, 4) is 0 Å². The Hall–Kier alpha value is -0.100. The molecule has 4 heteroatoms. The molecule has 0 radical (unpaired) electrons. The first-order valence-corrected chi connectivity index (χ1v) is 8.10. The highest BCUT2D eigenvalue weighted by Gasteiger charge is 2.10. The first-order chi connectivity index (χ1) is 7.79. The highest BCUT2D eigenvalue weighted by atomic mass is 127. The largest absolute Gasteiger partial charge is 0.351 e. The molecule has 0 fully saturated rings. The molecule has 1 N–H and O–H groups in total. The molecular weight excluding hydrogens is 333 g/mol. The molecule has 0 spiro atoms. The van der Waals surface area contributed by atoms with Crippen LogP contribution in [0.25, 0.3) is 0 Å². The van der Waals surface area contributed by atoms with E-state index in [9.17, 15) is 4.79 Å². The monoisotopic (exact) mass is 351 g/mol. The quantitative estimate of drug-likeness (QED) is 0.454. The van der Waals surface area contributed by atoms with Crippen LogP contribution >= 0.6 is 33.9 Å². The second-order valence-electron chi connectivity index (χ2n) is 3.63. The smallest absolute Gasteiger partial charge is 0.261 e. The average Bonchev–Trinajstić information content (AvgIpc) is 2.76. The molecule has 1 rings (SSSR count). The predicted molar refractivity (Wildman–Crippen MR) is 78.8 cm³/mol. The van der Waals surface area contributed by atoms with Gasteiger partial charge in [0.2, 0.25) is 0 Å². The fraction of sp³-hybridized carbons (Fsp3) is 0.583. The molecule has 1 amide bonds. The lowest BCUT2D eigenvalue weighted by Crippen LogP contribution is -2.24. The van der Waals surface area contributed by atoms with Crippen LogP contribution in [0.4, 0.5) is 0 Å². The average molecular weight is 351 g/mol. The van der Waals surface area contributed by atoms with Crippen LogP contribution in [-0.2, 0) is 6.42 Å². The second-order valence-corrected chi connectivity index (χ2v) is 5.63. The van der Waals surface area contributed by atoms with Crippen molar-refractivity contribution in [2.75, 3.05) is 11.0 Å². The molecule has 1 aromatic rings. The van der Waals surface area contributed by atoms with Crippen molar-refractivity contribution in [3.63, 3.8) is 0 Å². The third kappa shape index (κ3) is 4.41. The summed E-state index contributed by atoms with van der Waals surface area (Å²) in [7, 11) is 0. The van der Waals surface area contributed by atoms with E-state index in [1.165, 1.54) is 28.6 Å². The molecule has 0 unspecified atom stereocenters. The summed E-state index contributed by atoms with van der Waals surface area (Å²) in [5.74, 6) is 0.0984. The summed E-state index contributed by atoms with van der Waals surface area (Å²) in [5, 5.41) is 4.98. The van der Waals surface area contributed by atoms with Crippen LogP contribution in [-0.4, -0.2) is 16.9 Å². The SMILES string of the molecule is CCc1ccsc1C(=O)NCCCCCI. The molecular formula is C12H18INOS. The molecule has 0 atom stereocenters. The van der Waals surface area contributed by atoms with Crippen molar-refractivity contribution in [2.24, 2.45) is 0 Å². The minimum absolute atomic E-state index is 0.0984. The molecule has 1 aromatic heterocycles. The third-order valence-electron chi connectivity index (χ3n) is 2.43. The van der Waals surface area contributed by atoms with E-state index < -0.39 is 0 Å². The topological polar surface area (TPSA) is 29.1 Å². The Labute approximate surface area is 115 Å². The second kappa shape index (κ2) is 8.06. The van der Waals surface area contributed by atoms with Crippen molar-refractivity contribution in [1.29, 1.82) is 0 Å². The molecule has 2 nitrogen and oxygen atoms in total. The van der Waals surface area contributed by atoms with E-state index in [-0.39, 0.29) is 5.91 Å². The number of rotatable bonds is 7. The Kier molecular flexibility index (Phi) is 7.03. The number of carbonyl (C=O) groups excluding carboxylic acids is 1. The molecule has 0 aromatic carbocycles. The summed E-state index contributed by atoms with van der Waals surface area (Å²) in [4.78, 5) is 12.7. The summed E-state index contributed by atoms with van der Waals surface area (Å²) < 4.78 is 1.20. The first-order valence-electron chi connectivity index (χ1n) is 5.70. The molecule has 0 saturated heterocycles. The van der Waals surface area contributed by atoms with Crippen molar-refractivity contribution < 1.29 is 4.79 Å². The number of thiophene rings is 1. The van der Waals surface area contributed by atoms with Gasteiger partial charge in [-0.1, -0.05) is 35.9 Å². The van der Waals surface area contributed by atoms with Gasteiger partial charge in [-0.25, -0.2) is 0 Å². The Bertz CT molecular complexity index is 325. The van der Waals surface area contributed by atoms with Gasteiger partial charge in [-0.3, -0.25) is 4.79 Å². The fourth-order valence-electron chi connectivity index (χ4n) is 1.49. The number of alkyl halides is 1. The molecule has 0 aliphatic rings. The Morgan fingerprint density at radius 3 is 2.94 bits per heavy atom. The van der Waals surface area contributed by atoms with E-state index in [4.69, 9.17) is 0 Å². The Morgan fingerprint density at radius 1 is 1.44 bits per heavy atom. The normalized spacial score (nSPS) is 10.4. The maximum atomic E-state index is 11.8. The van der Waals surface area contributed by atoms with Crippen molar-refractivity contribution >= 4 is 39.8 Å². The van der Waals surface area contributed by atoms with Crippen LogP contribution < -0.4 is 5.32 Å². The summed E-state index contributed by atoms with van der Waals surface area (Å²) in [6, 6.07) is 2.04. The maximum absolute atomic E-state index is 11.8. The van der Waals surface area contributed by atoms with Gasteiger partial charge in [0.05, 0.1) is 4.88 Å². The van der Waals surface area contributed by atoms with Crippen LogP contribution in [0.3, 0.4) is 0 Å². The lowest BCUT2D eigenvalue weighted by atomic mass is 10.2. The molecule has 1 heterocycles. The van der Waals surface area contributed by atoms with Crippen molar-refractivity contribution in [3.05, 3.63) is 21.9 Å². The molecule has 0 saturated carbocycles. The number of unbranched alkanes of at least 4 members (excludes halogenated alkanes) is 2. The number of aryl methyl sites for hydroxylation is 1. The minimum Gasteiger partial charge on any atom is -0.351 e. The summed E-state index contributed by atoms with van der Waals surface area (Å²) in [6.07, 6.45) is 4.46. The fourth-order valence-corrected chi connectivity index (χ4v) is 2.94. The van der Waals surface area contributed by atoms with E-state index in [1.807, 2.05) is 11.4 Å². The molecule has 0 bridgehead atoms. The number of halogens is 1. The van der Waals surface area contributed by atoms with Gasteiger partial charge < -0.3 is 5.32 Å². The van der Waals surface area contributed by atoms with E-state index in [0.29, 0.717) is 0 Å². The highest BCUT2D eigenvalue weighted by molar-refractivity contribution is 14.1. The highest BCUT2D eigenvalue weighted by Crippen LogP contribution is 2.16. The van der Waals surface area contributed by atoms with E-state index in [1.54, 1.807) is 0 Å². The molecule has 16 heavy (non-hydrogen) atoms. The Morgan fingerprint density at radius 2 is 2.25 bits per heavy atom. The maximum Gasteiger partial charge on any atom is 0.261 e. The standard InChI is InChI=1S/C12H18INOS/c1-2-10-6-9-16-11(10)12(15)14-8-5-3-4-7-13/h6,9H,2-5,7-8H2,1H3,(H,14,15). The number of hydrogen-bond donors (Lipinski definition) is 1. The first kappa shape index (κ1) is 14.0. The van der Waals surface area contributed by atoms with E-state index in [0.717, 1.165) is 29.8 Å². The van der Waals surface area contributed by atoms with Gasteiger partial charge in [0, 0.05) is 6.54 Å². The van der Waals surface area contributed by atoms with Gasteiger partial charge in [-0.15, -0.1) is 11.3 Å². The number of carbonyl (C=O) groups is 1. The summed E-state index contributed by atoms with van der Waals surface area (Å²) >= 11 is 3.92. The number of amides is 1. The molecule has 90 valence electrons. The van der Waals surface area contributed by atoms with Gasteiger partial charge in [0.25, 0.3) is 5.91 Å². The van der Waals surface area contributed by atoms with Crippen LogP contribution in [0.1, 0.15) is 41.4 Å². The number of nitrogens with one attached hydrogen (secondary N) is 1. The predicted octanol–water partition coefficient (Wildman–Crippen LogP) is 3.65. The molecule has 0 aliphatic heterocycles. The third-order valence-corrected chi connectivity index (χ3v) is 4.15. The lowest BCUT2D eigenvalue weighted by Gasteiger charge is -2.04. The Balaban J connectivity index is 2.30. The minimum atomic E-state index is 0.0984. The summed E-state index contributed by atoms with van der Waals surface area (Å²) in [6.45, 7) is 2.88. The van der Waals surface area contributed by atoms with Crippen molar-refractivity contribution in [2.45, 2.75) is 32.6 Å². The van der Waals surface area contributed by atoms with Crippen LogP contribution in [0.2, 0.25) is 0 Å². The zero-order valence-electron chi connectivity index (χ0n) is 9.59.